The molecule has 0 spiro atoms. The number of nitrogens with zero attached hydrogens (tertiary/aromatic N) is 1. The topological polar surface area (TPSA) is 3.24 Å². The Bertz CT molecular complexity index is 879. The predicted molar refractivity (Wildman–Crippen MR) is 105 cm³/mol. The normalized spacial score (nSPS) is 26.6. The summed E-state index contributed by atoms with van der Waals surface area (Å²) in [5, 5.41) is 2.71. The number of hydrogen-bond donors (Lipinski definition) is 0. The Morgan fingerprint density at radius 2 is 1.44 bits per heavy atom. The highest BCUT2D eigenvalue weighted by molar-refractivity contribution is 5.83. The summed E-state index contributed by atoms with van der Waals surface area (Å²) in [7, 11) is 0. The van der Waals surface area contributed by atoms with Crippen LogP contribution in [0.1, 0.15) is 42.7 Å². The minimum Gasteiger partial charge on any atom is -0.293 e. The van der Waals surface area contributed by atoms with Crippen molar-refractivity contribution in [1.82, 2.24) is 4.90 Å². The average Bonchev–Trinajstić information content (AvgIpc) is 3.46. The molecule has 1 nitrogen and oxygen atoms in total. The molecule has 1 aliphatic heterocycles. The summed E-state index contributed by atoms with van der Waals surface area (Å²) in [6.07, 6.45) is 5.34. The minimum atomic E-state index is 0.214. The highest BCUT2D eigenvalue weighted by Gasteiger charge is 2.59. The van der Waals surface area contributed by atoms with Crippen molar-refractivity contribution in [3.05, 3.63) is 83.9 Å². The standard InChI is InChI=1S/C24H25N/c1-3-10-20(11-4-1)23-18-24(23,25-15-7-2-8-16-25)22-14-13-19-9-5-6-12-21(19)17-22/h1,3-6,9-14,17,23H,2,7-8,15-16,18H2. The van der Waals surface area contributed by atoms with Crippen LogP contribution in [0.5, 0.6) is 0 Å². The summed E-state index contributed by atoms with van der Waals surface area (Å²) in [5.41, 5.74) is 3.23. The quantitative estimate of drug-likeness (QED) is 0.595. The van der Waals surface area contributed by atoms with Gasteiger partial charge in [-0.1, -0.05) is 73.2 Å². The van der Waals surface area contributed by atoms with Crippen molar-refractivity contribution >= 4 is 10.8 Å². The third-order valence-corrected chi connectivity index (χ3v) is 6.30. The molecule has 2 fully saturated rings. The molecule has 0 radical (unpaired) electrons. The molecule has 0 aromatic heterocycles. The first-order valence-electron chi connectivity index (χ1n) is 9.67. The van der Waals surface area contributed by atoms with Crippen LogP contribution in [0, 0.1) is 0 Å². The Hall–Kier alpha value is -2.12. The summed E-state index contributed by atoms with van der Waals surface area (Å²) in [6, 6.07) is 27.1. The van der Waals surface area contributed by atoms with Gasteiger partial charge in [-0.15, -0.1) is 0 Å². The van der Waals surface area contributed by atoms with E-state index in [1.54, 1.807) is 0 Å². The largest absolute Gasteiger partial charge is 0.293 e. The number of piperidine rings is 1. The van der Waals surface area contributed by atoms with Gasteiger partial charge in [0.15, 0.2) is 0 Å². The van der Waals surface area contributed by atoms with Gasteiger partial charge in [0.25, 0.3) is 0 Å². The van der Waals surface area contributed by atoms with Gasteiger partial charge < -0.3 is 0 Å². The average molecular weight is 327 g/mol. The highest BCUT2D eigenvalue weighted by atomic mass is 15.2. The van der Waals surface area contributed by atoms with Crippen molar-refractivity contribution in [2.24, 2.45) is 0 Å². The van der Waals surface area contributed by atoms with Crippen LogP contribution in [-0.2, 0) is 5.54 Å². The van der Waals surface area contributed by atoms with Crippen LogP contribution >= 0.6 is 0 Å². The van der Waals surface area contributed by atoms with Crippen molar-refractivity contribution in [2.45, 2.75) is 37.1 Å². The summed E-state index contributed by atoms with van der Waals surface area (Å²) in [4.78, 5) is 2.79. The maximum absolute atomic E-state index is 2.79. The monoisotopic (exact) mass is 327 g/mol. The molecule has 1 heteroatoms. The molecule has 1 saturated heterocycles. The van der Waals surface area contributed by atoms with Crippen LogP contribution < -0.4 is 0 Å². The van der Waals surface area contributed by atoms with Crippen LogP contribution in [0.25, 0.3) is 10.8 Å². The fraction of sp³-hybridized carbons (Fsp3) is 0.333. The molecule has 5 rings (SSSR count). The van der Waals surface area contributed by atoms with Gasteiger partial charge in [0, 0.05) is 5.92 Å². The number of benzene rings is 3. The molecular formula is C24H25N. The fourth-order valence-corrected chi connectivity index (χ4v) is 4.93. The van der Waals surface area contributed by atoms with Gasteiger partial charge in [-0.05, 0) is 60.3 Å². The van der Waals surface area contributed by atoms with Crippen LogP contribution in [0.3, 0.4) is 0 Å². The fourth-order valence-electron chi connectivity index (χ4n) is 4.93. The third-order valence-electron chi connectivity index (χ3n) is 6.30. The van der Waals surface area contributed by atoms with Crippen molar-refractivity contribution < 1.29 is 0 Å². The van der Waals surface area contributed by atoms with Gasteiger partial charge in [0.05, 0.1) is 5.54 Å². The Labute approximate surface area is 150 Å². The first-order valence-corrected chi connectivity index (χ1v) is 9.67. The lowest BCUT2D eigenvalue weighted by molar-refractivity contribution is 0.140. The molecule has 0 bridgehead atoms. The second kappa shape index (κ2) is 6.00. The van der Waals surface area contributed by atoms with Gasteiger partial charge in [-0.3, -0.25) is 4.90 Å². The van der Waals surface area contributed by atoms with Crippen molar-refractivity contribution in [3.8, 4) is 0 Å². The molecule has 1 saturated carbocycles. The molecule has 126 valence electrons. The molecular weight excluding hydrogens is 302 g/mol. The number of hydrogen-bond acceptors (Lipinski definition) is 1. The van der Waals surface area contributed by atoms with Gasteiger partial charge in [0.1, 0.15) is 0 Å². The maximum Gasteiger partial charge on any atom is 0.0536 e. The molecule has 0 N–H and O–H groups in total. The number of fused-ring (bicyclic) bond motifs is 1. The van der Waals surface area contributed by atoms with E-state index in [2.05, 4.69) is 77.7 Å². The lowest BCUT2D eigenvalue weighted by Gasteiger charge is -2.37. The Balaban J connectivity index is 1.60. The molecule has 25 heavy (non-hydrogen) atoms. The lowest BCUT2D eigenvalue weighted by Crippen LogP contribution is -2.40. The first kappa shape index (κ1) is 15.2. The molecule has 1 aliphatic carbocycles. The minimum absolute atomic E-state index is 0.214. The van der Waals surface area contributed by atoms with Crippen molar-refractivity contribution in [1.29, 1.82) is 0 Å². The molecule has 2 aliphatic rings. The zero-order valence-electron chi connectivity index (χ0n) is 14.7. The molecule has 2 atom stereocenters. The Morgan fingerprint density at radius 1 is 0.720 bits per heavy atom. The second-order valence-electron chi connectivity index (χ2n) is 7.70. The van der Waals surface area contributed by atoms with Gasteiger partial charge in [0.2, 0.25) is 0 Å². The van der Waals surface area contributed by atoms with E-state index in [0.29, 0.717) is 5.92 Å². The van der Waals surface area contributed by atoms with E-state index >= 15 is 0 Å². The zero-order chi connectivity index (χ0) is 16.7. The predicted octanol–water partition coefficient (Wildman–Crippen LogP) is 5.71. The summed E-state index contributed by atoms with van der Waals surface area (Å²) in [5.74, 6) is 0.632. The van der Waals surface area contributed by atoms with E-state index < -0.39 is 0 Å². The molecule has 0 amide bonds. The van der Waals surface area contributed by atoms with E-state index in [4.69, 9.17) is 0 Å². The summed E-state index contributed by atoms with van der Waals surface area (Å²) in [6.45, 7) is 2.49. The van der Waals surface area contributed by atoms with E-state index in [9.17, 15) is 0 Å². The highest BCUT2D eigenvalue weighted by Crippen LogP contribution is 2.63. The molecule has 3 aromatic rings. The number of likely N-dealkylation sites (tertiary alicyclic amines) is 1. The van der Waals surface area contributed by atoms with Crippen LogP contribution in [0.15, 0.2) is 72.8 Å². The SMILES string of the molecule is c1ccc(C2CC2(c2ccc3ccccc3c2)N2CCCCC2)cc1. The second-order valence-corrected chi connectivity index (χ2v) is 7.70. The van der Waals surface area contributed by atoms with E-state index in [1.807, 2.05) is 0 Å². The zero-order valence-corrected chi connectivity index (χ0v) is 14.7. The van der Waals surface area contributed by atoms with E-state index in [-0.39, 0.29) is 5.54 Å². The summed E-state index contributed by atoms with van der Waals surface area (Å²) >= 11 is 0. The molecule has 2 unspecified atom stereocenters. The smallest absolute Gasteiger partial charge is 0.0536 e. The van der Waals surface area contributed by atoms with Crippen LogP contribution in [0.4, 0.5) is 0 Å². The van der Waals surface area contributed by atoms with Gasteiger partial charge in [-0.2, -0.15) is 0 Å². The Kier molecular flexibility index (Phi) is 3.64. The first-order chi connectivity index (χ1) is 12.4. The summed E-state index contributed by atoms with van der Waals surface area (Å²) < 4.78 is 0. The van der Waals surface area contributed by atoms with Crippen molar-refractivity contribution in [2.75, 3.05) is 13.1 Å². The van der Waals surface area contributed by atoms with Crippen LogP contribution in [-0.4, -0.2) is 18.0 Å². The van der Waals surface area contributed by atoms with Crippen molar-refractivity contribution in [3.63, 3.8) is 0 Å². The Morgan fingerprint density at radius 3 is 2.24 bits per heavy atom. The van der Waals surface area contributed by atoms with Gasteiger partial charge in [-0.25, -0.2) is 0 Å². The molecule has 1 heterocycles. The van der Waals surface area contributed by atoms with Gasteiger partial charge >= 0.3 is 0 Å². The lowest BCUT2D eigenvalue weighted by atomic mass is 9.93. The van der Waals surface area contributed by atoms with Crippen LogP contribution in [0.2, 0.25) is 0 Å². The molecule has 3 aromatic carbocycles. The van der Waals surface area contributed by atoms with E-state index in [0.717, 1.165) is 0 Å². The maximum atomic E-state index is 2.79. The van der Waals surface area contributed by atoms with E-state index in [1.165, 1.54) is 60.7 Å². The number of rotatable bonds is 3. The third kappa shape index (κ3) is 2.49.